The Morgan fingerprint density at radius 1 is 0.667 bits per heavy atom. The number of aryl methyl sites for hydroxylation is 3. The monoisotopic (exact) mass is 655 g/mol. The number of benzene rings is 2. The third-order valence-electron chi connectivity index (χ3n) is 8.60. The van der Waals surface area contributed by atoms with Crippen LogP contribution in [-0.4, -0.2) is 30.1 Å². The lowest BCUT2D eigenvalue weighted by molar-refractivity contribution is -0.139. The molecule has 6 heteroatoms. The molecule has 0 radical (unpaired) electrons. The van der Waals surface area contributed by atoms with E-state index in [4.69, 9.17) is 9.47 Å². The van der Waals surface area contributed by atoms with E-state index in [-0.39, 0.29) is 19.0 Å². The van der Waals surface area contributed by atoms with Crippen LogP contribution in [0.2, 0.25) is 0 Å². The predicted molar refractivity (Wildman–Crippen MR) is 193 cm³/mol. The Balaban J connectivity index is 1.86. The lowest BCUT2D eigenvalue weighted by Gasteiger charge is -2.18. The second kappa shape index (κ2) is 21.0. The van der Waals surface area contributed by atoms with Crippen LogP contribution in [0.5, 0.6) is 0 Å². The number of hydrogen-bond acceptors (Lipinski definition) is 5. The number of unbranched alkanes of at least 4 members (excludes halogenated alkanes) is 7. The van der Waals surface area contributed by atoms with Gasteiger partial charge in [0.1, 0.15) is 5.82 Å². The van der Waals surface area contributed by atoms with Crippen LogP contribution in [0.1, 0.15) is 107 Å². The lowest BCUT2D eigenvalue weighted by Crippen LogP contribution is -2.11. The quantitative estimate of drug-likeness (QED) is 0.0612. The standard InChI is InChI=1S/C42H54FNO4/c1-6-7-8-9-10-11-12-17-33-21-22-36(30-40(33)43)39-29-35(23-26-47-41(45)31(2)3)34(18-13-14-19-38-20-15-16-25-44-38)28-37(39)24-27-48-42(46)32(4)5/h15-16,20-22,25,28-30H,2,4,6-14,17-19,23-24,26-27H2,1,3,5H3. The molecule has 0 N–H and O–H groups in total. The topological polar surface area (TPSA) is 65.5 Å². The summed E-state index contributed by atoms with van der Waals surface area (Å²) in [6.45, 7) is 13.3. The summed E-state index contributed by atoms with van der Waals surface area (Å²) in [6.07, 6.45) is 15.5. The summed E-state index contributed by atoms with van der Waals surface area (Å²) in [7, 11) is 0. The van der Waals surface area contributed by atoms with Crippen LogP contribution >= 0.6 is 0 Å². The van der Waals surface area contributed by atoms with Crippen molar-refractivity contribution < 1.29 is 23.5 Å². The Morgan fingerprint density at radius 2 is 1.25 bits per heavy atom. The highest BCUT2D eigenvalue weighted by molar-refractivity contribution is 5.87. The highest BCUT2D eigenvalue weighted by Crippen LogP contribution is 2.31. The van der Waals surface area contributed by atoms with Gasteiger partial charge in [-0.05, 0) is 104 Å². The number of pyridine rings is 1. The molecule has 0 atom stereocenters. The number of rotatable bonds is 22. The Labute approximate surface area is 287 Å². The molecular formula is C42H54FNO4. The zero-order valence-electron chi connectivity index (χ0n) is 29.4. The molecule has 1 aromatic heterocycles. The van der Waals surface area contributed by atoms with Crippen LogP contribution in [0, 0.1) is 5.82 Å². The van der Waals surface area contributed by atoms with Crippen molar-refractivity contribution in [2.75, 3.05) is 13.2 Å². The van der Waals surface area contributed by atoms with E-state index >= 15 is 4.39 Å². The molecule has 0 spiro atoms. The maximum atomic E-state index is 15.5. The van der Waals surface area contributed by atoms with Gasteiger partial charge in [0.05, 0.1) is 13.2 Å². The van der Waals surface area contributed by atoms with Crippen LogP contribution in [-0.2, 0) is 51.2 Å². The first-order valence-electron chi connectivity index (χ1n) is 17.7. The van der Waals surface area contributed by atoms with Crippen molar-refractivity contribution in [3.63, 3.8) is 0 Å². The van der Waals surface area contributed by atoms with E-state index in [9.17, 15) is 9.59 Å². The molecule has 3 rings (SSSR count). The number of hydrogen-bond donors (Lipinski definition) is 0. The van der Waals surface area contributed by atoms with Gasteiger partial charge >= 0.3 is 11.9 Å². The minimum absolute atomic E-state index is 0.187. The van der Waals surface area contributed by atoms with Crippen LogP contribution in [0.15, 0.2) is 79.0 Å². The number of ether oxygens (including phenoxy) is 2. The fourth-order valence-electron chi connectivity index (χ4n) is 5.79. The second-order valence-electron chi connectivity index (χ2n) is 12.8. The molecule has 48 heavy (non-hydrogen) atoms. The number of aromatic nitrogens is 1. The zero-order valence-corrected chi connectivity index (χ0v) is 29.4. The van der Waals surface area contributed by atoms with Crippen molar-refractivity contribution in [3.05, 3.63) is 113 Å². The van der Waals surface area contributed by atoms with Gasteiger partial charge in [-0.1, -0.05) is 88.9 Å². The first-order valence-corrected chi connectivity index (χ1v) is 17.7. The second-order valence-corrected chi connectivity index (χ2v) is 12.8. The zero-order chi connectivity index (χ0) is 34.7. The number of carbonyl (C=O) groups excluding carboxylic acids is 2. The summed E-state index contributed by atoms with van der Waals surface area (Å²) in [5.74, 6) is -1.04. The van der Waals surface area contributed by atoms with Gasteiger partial charge in [-0.15, -0.1) is 0 Å². The molecule has 0 saturated heterocycles. The summed E-state index contributed by atoms with van der Waals surface area (Å²) in [5.41, 5.74) is 7.35. The van der Waals surface area contributed by atoms with E-state index < -0.39 is 11.9 Å². The Hall–Kier alpha value is -4.06. The maximum Gasteiger partial charge on any atom is 0.333 e. The largest absolute Gasteiger partial charge is 0.462 e. The molecule has 0 bridgehead atoms. The van der Waals surface area contributed by atoms with Gasteiger partial charge in [-0.2, -0.15) is 0 Å². The molecule has 2 aromatic carbocycles. The van der Waals surface area contributed by atoms with Crippen LogP contribution < -0.4 is 0 Å². The van der Waals surface area contributed by atoms with Crippen molar-refractivity contribution >= 4 is 11.9 Å². The fraction of sp³-hybridized carbons (Fsp3) is 0.452. The first kappa shape index (κ1) is 38.4. The van der Waals surface area contributed by atoms with E-state index in [1.165, 1.54) is 32.1 Å². The molecule has 5 nitrogen and oxygen atoms in total. The van der Waals surface area contributed by atoms with Crippen LogP contribution in [0.25, 0.3) is 11.1 Å². The summed E-state index contributed by atoms with van der Waals surface area (Å²) < 4.78 is 26.5. The molecule has 0 aliphatic rings. The van der Waals surface area contributed by atoms with Crippen LogP contribution in [0.4, 0.5) is 4.39 Å². The fourth-order valence-corrected chi connectivity index (χ4v) is 5.79. The number of esters is 2. The molecule has 1 heterocycles. The summed E-state index contributed by atoms with van der Waals surface area (Å²) >= 11 is 0. The Kier molecular flexibility index (Phi) is 16.8. The van der Waals surface area contributed by atoms with E-state index in [0.29, 0.717) is 24.0 Å². The third-order valence-corrected chi connectivity index (χ3v) is 8.60. The first-order chi connectivity index (χ1) is 23.2. The molecule has 258 valence electrons. The molecule has 0 amide bonds. The van der Waals surface area contributed by atoms with Gasteiger partial charge in [-0.25, -0.2) is 14.0 Å². The van der Waals surface area contributed by atoms with Crippen molar-refractivity contribution in [2.24, 2.45) is 0 Å². The van der Waals surface area contributed by atoms with Crippen molar-refractivity contribution in [1.82, 2.24) is 4.98 Å². The summed E-state index contributed by atoms with van der Waals surface area (Å²) in [5, 5.41) is 0. The average molecular weight is 656 g/mol. The molecule has 3 aromatic rings. The van der Waals surface area contributed by atoms with Gasteiger partial charge in [0.2, 0.25) is 0 Å². The lowest BCUT2D eigenvalue weighted by atomic mass is 9.88. The minimum Gasteiger partial charge on any atom is -0.462 e. The van der Waals surface area contributed by atoms with Crippen molar-refractivity contribution in [2.45, 2.75) is 111 Å². The highest BCUT2D eigenvalue weighted by atomic mass is 19.1. The smallest absolute Gasteiger partial charge is 0.333 e. The van der Waals surface area contributed by atoms with E-state index in [1.54, 1.807) is 19.9 Å². The SMILES string of the molecule is C=C(C)C(=O)OCCc1cc(-c2ccc(CCCCCCCCC)c(F)c2)c(CCOC(=O)C(=C)C)cc1CCCCc1ccccn1. The van der Waals surface area contributed by atoms with Gasteiger partial charge in [-0.3, -0.25) is 4.98 Å². The predicted octanol–water partition coefficient (Wildman–Crippen LogP) is 10.1. The maximum absolute atomic E-state index is 15.5. The summed E-state index contributed by atoms with van der Waals surface area (Å²) in [6, 6.07) is 15.8. The molecule has 0 aliphatic carbocycles. The van der Waals surface area contributed by atoms with Gasteiger partial charge in [0.25, 0.3) is 0 Å². The summed E-state index contributed by atoms with van der Waals surface area (Å²) in [4.78, 5) is 28.7. The van der Waals surface area contributed by atoms with Crippen molar-refractivity contribution in [3.8, 4) is 11.1 Å². The van der Waals surface area contributed by atoms with E-state index in [1.807, 2.05) is 36.5 Å². The third kappa shape index (κ3) is 13.2. The molecule has 0 aliphatic heterocycles. The molecular weight excluding hydrogens is 601 g/mol. The molecule has 0 saturated carbocycles. The van der Waals surface area contributed by atoms with Gasteiger partial charge < -0.3 is 9.47 Å². The van der Waals surface area contributed by atoms with Gasteiger partial charge in [0, 0.05) is 35.9 Å². The molecule has 0 fully saturated rings. The Bertz CT molecular complexity index is 1500. The van der Waals surface area contributed by atoms with E-state index in [2.05, 4.69) is 37.2 Å². The average Bonchev–Trinajstić information content (AvgIpc) is 3.07. The number of carbonyl (C=O) groups is 2. The number of halogens is 1. The normalized spacial score (nSPS) is 10.9. The molecule has 0 unspecified atom stereocenters. The van der Waals surface area contributed by atoms with Crippen LogP contribution in [0.3, 0.4) is 0 Å². The van der Waals surface area contributed by atoms with Crippen molar-refractivity contribution in [1.29, 1.82) is 0 Å². The minimum atomic E-state index is -0.428. The van der Waals surface area contributed by atoms with Gasteiger partial charge in [0.15, 0.2) is 0 Å². The number of nitrogens with zero attached hydrogens (tertiary/aromatic N) is 1. The van der Waals surface area contributed by atoms with E-state index in [0.717, 1.165) is 84.0 Å². The highest BCUT2D eigenvalue weighted by Gasteiger charge is 2.16. The Morgan fingerprint density at radius 3 is 1.88 bits per heavy atom.